The van der Waals surface area contributed by atoms with E-state index in [1.54, 1.807) is 0 Å². The summed E-state index contributed by atoms with van der Waals surface area (Å²) in [6.45, 7) is 7.70. The maximum atomic E-state index is 5.35. The number of hydrogen-bond acceptors (Lipinski definition) is 4. The Morgan fingerprint density at radius 1 is 1.40 bits per heavy atom. The van der Waals surface area contributed by atoms with E-state index >= 15 is 0 Å². The van der Waals surface area contributed by atoms with Gasteiger partial charge >= 0.3 is 0 Å². The molecule has 1 unspecified atom stereocenters. The molecule has 1 fully saturated rings. The smallest absolute Gasteiger partial charge is 0.130 e. The molecule has 2 heterocycles. The second-order valence-electron chi connectivity index (χ2n) is 6.34. The van der Waals surface area contributed by atoms with Gasteiger partial charge in [0.2, 0.25) is 0 Å². The van der Waals surface area contributed by atoms with E-state index in [2.05, 4.69) is 47.7 Å². The molecule has 0 saturated carbocycles. The number of aromatic amines is 1. The van der Waals surface area contributed by atoms with Crippen LogP contribution in [-0.2, 0) is 6.42 Å². The fraction of sp³-hybridized carbons (Fsp3) is 0.733. The summed E-state index contributed by atoms with van der Waals surface area (Å²) in [4.78, 5) is 12.9. The molecule has 1 atom stereocenters. The molecule has 112 valence electrons. The first-order valence-corrected chi connectivity index (χ1v) is 7.85. The van der Waals surface area contributed by atoms with E-state index in [9.17, 15) is 0 Å². The predicted molar refractivity (Wildman–Crippen MR) is 85.4 cm³/mol. The number of rotatable bonds is 3. The molecule has 0 aliphatic carbocycles. The number of nitrogens with one attached hydrogen (secondary N) is 1. The summed E-state index contributed by atoms with van der Waals surface area (Å²) in [7, 11) is 4.36. The third-order valence-corrected chi connectivity index (χ3v) is 4.04. The van der Waals surface area contributed by atoms with Crippen LogP contribution in [-0.4, -0.2) is 53.5 Å². The topological polar surface area (TPSA) is 35.2 Å². The van der Waals surface area contributed by atoms with Gasteiger partial charge < -0.3 is 9.88 Å². The Morgan fingerprint density at radius 3 is 2.85 bits per heavy atom. The summed E-state index contributed by atoms with van der Waals surface area (Å²) in [5.41, 5.74) is 1.20. The SMILES string of the molecule is CC(C)Cc1cc(=S)nc(C2CN(C)CCCN2C)[nH]1. The van der Waals surface area contributed by atoms with E-state index in [4.69, 9.17) is 12.2 Å². The zero-order chi connectivity index (χ0) is 14.7. The summed E-state index contributed by atoms with van der Waals surface area (Å²) in [6.07, 6.45) is 2.22. The minimum Gasteiger partial charge on any atom is -0.346 e. The summed E-state index contributed by atoms with van der Waals surface area (Å²) in [6, 6.07) is 2.30. The highest BCUT2D eigenvalue weighted by Gasteiger charge is 2.24. The van der Waals surface area contributed by atoms with Crippen molar-refractivity contribution in [3.63, 3.8) is 0 Å². The normalized spacial score (nSPS) is 22.1. The van der Waals surface area contributed by atoms with Gasteiger partial charge in [0.05, 0.1) is 6.04 Å². The van der Waals surface area contributed by atoms with Crippen molar-refractivity contribution in [2.75, 3.05) is 33.7 Å². The molecular weight excluding hydrogens is 268 g/mol. The highest BCUT2D eigenvalue weighted by Crippen LogP contribution is 2.21. The lowest BCUT2D eigenvalue weighted by atomic mass is 10.1. The lowest BCUT2D eigenvalue weighted by molar-refractivity contribution is 0.219. The van der Waals surface area contributed by atoms with Gasteiger partial charge in [-0.2, -0.15) is 0 Å². The van der Waals surface area contributed by atoms with Crippen molar-refractivity contribution < 1.29 is 0 Å². The van der Waals surface area contributed by atoms with E-state index in [-0.39, 0.29) is 0 Å². The summed E-state index contributed by atoms with van der Waals surface area (Å²) >= 11 is 5.35. The van der Waals surface area contributed by atoms with Crippen LogP contribution < -0.4 is 0 Å². The molecule has 0 spiro atoms. The van der Waals surface area contributed by atoms with Crippen molar-refractivity contribution in [3.05, 3.63) is 22.2 Å². The maximum absolute atomic E-state index is 5.35. The quantitative estimate of drug-likeness (QED) is 0.869. The van der Waals surface area contributed by atoms with Crippen LogP contribution in [0.3, 0.4) is 0 Å². The maximum Gasteiger partial charge on any atom is 0.130 e. The Morgan fingerprint density at radius 2 is 2.15 bits per heavy atom. The molecule has 0 bridgehead atoms. The molecule has 1 aromatic heterocycles. The number of likely N-dealkylation sites (N-methyl/N-ethyl adjacent to an activating group) is 2. The van der Waals surface area contributed by atoms with Gasteiger partial charge in [0, 0.05) is 12.2 Å². The average Bonchev–Trinajstić information content (AvgIpc) is 2.49. The number of aromatic nitrogens is 2. The molecule has 1 N–H and O–H groups in total. The van der Waals surface area contributed by atoms with Crippen LogP contribution in [0.4, 0.5) is 0 Å². The minimum atomic E-state index is 0.302. The molecule has 0 aromatic carbocycles. The van der Waals surface area contributed by atoms with Crippen LogP contribution in [0.5, 0.6) is 0 Å². The average molecular weight is 294 g/mol. The molecule has 2 rings (SSSR count). The van der Waals surface area contributed by atoms with Crippen LogP contribution in [0.25, 0.3) is 0 Å². The molecule has 0 amide bonds. The van der Waals surface area contributed by atoms with Crippen molar-refractivity contribution in [3.8, 4) is 0 Å². The van der Waals surface area contributed by atoms with Gasteiger partial charge in [-0.1, -0.05) is 26.1 Å². The summed E-state index contributed by atoms with van der Waals surface area (Å²) in [5, 5.41) is 0. The second-order valence-corrected chi connectivity index (χ2v) is 6.76. The fourth-order valence-electron chi connectivity index (χ4n) is 2.80. The molecule has 20 heavy (non-hydrogen) atoms. The monoisotopic (exact) mass is 294 g/mol. The highest BCUT2D eigenvalue weighted by atomic mass is 32.1. The molecular formula is C15H26N4S. The van der Waals surface area contributed by atoms with Crippen LogP contribution in [0, 0.1) is 10.6 Å². The molecule has 0 radical (unpaired) electrons. The Kier molecular flexibility index (Phi) is 5.29. The van der Waals surface area contributed by atoms with Gasteiger partial charge in [0.1, 0.15) is 10.5 Å². The van der Waals surface area contributed by atoms with Crippen LogP contribution in [0.1, 0.15) is 37.8 Å². The van der Waals surface area contributed by atoms with Crippen LogP contribution in [0.15, 0.2) is 6.07 Å². The van der Waals surface area contributed by atoms with Crippen molar-refractivity contribution in [2.24, 2.45) is 5.92 Å². The molecule has 1 aromatic rings. The van der Waals surface area contributed by atoms with Gasteiger partial charge in [0.25, 0.3) is 0 Å². The third-order valence-electron chi connectivity index (χ3n) is 3.83. The van der Waals surface area contributed by atoms with Crippen LogP contribution >= 0.6 is 12.2 Å². The Balaban J connectivity index is 2.29. The van der Waals surface area contributed by atoms with E-state index in [0.29, 0.717) is 16.6 Å². The van der Waals surface area contributed by atoms with Gasteiger partial charge in [0.15, 0.2) is 0 Å². The van der Waals surface area contributed by atoms with Crippen molar-refractivity contribution in [1.29, 1.82) is 0 Å². The lowest BCUT2D eigenvalue weighted by Crippen LogP contribution is -2.32. The zero-order valence-corrected chi connectivity index (χ0v) is 13.8. The predicted octanol–water partition coefficient (Wildman–Crippen LogP) is 2.65. The molecule has 1 aliphatic rings. The van der Waals surface area contributed by atoms with E-state index in [1.807, 2.05) is 6.07 Å². The van der Waals surface area contributed by atoms with Crippen molar-refractivity contribution in [1.82, 2.24) is 19.8 Å². The van der Waals surface area contributed by atoms with Crippen LogP contribution in [0.2, 0.25) is 0 Å². The summed E-state index contributed by atoms with van der Waals surface area (Å²) in [5.74, 6) is 1.63. The molecule has 1 saturated heterocycles. The Hall–Kier alpha value is -0.780. The van der Waals surface area contributed by atoms with Gasteiger partial charge in [-0.05, 0) is 52.0 Å². The fourth-order valence-corrected chi connectivity index (χ4v) is 3.04. The standard InChI is InChI=1S/C15H26N4S/c1-11(2)8-12-9-14(20)17-15(16-12)13-10-18(3)6-5-7-19(13)4/h9,11,13H,5-8,10H2,1-4H3,(H,16,17,20). The number of hydrogen-bond donors (Lipinski definition) is 1. The largest absolute Gasteiger partial charge is 0.346 e. The molecule has 4 nitrogen and oxygen atoms in total. The first kappa shape index (κ1) is 15.6. The molecule has 1 aliphatic heterocycles. The number of H-pyrrole nitrogens is 1. The van der Waals surface area contributed by atoms with E-state index < -0.39 is 0 Å². The lowest BCUT2D eigenvalue weighted by Gasteiger charge is -2.27. The van der Waals surface area contributed by atoms with Gasteiger partial charge in [-0.15, -0.1) is 0 Å². The minimum absolute atomic E-state index is 0.302. The van der Waals surface area contributed by atoms with Crippen molar-refractivity contribution >= 4 is 12.2 Å². The summed E-state index contributed by atoms with van der Waals surface area (Å²) < 4.78 is 0.703. The zero-order valence-electron chi connectivity index (χ0n) is 13.0. The van der Waals surface area contributed by atoms with E-state index in [1.165, 1.54) is 12.1 Å². The number of nitrogens with zero attached hydrogens (tertiary/aromatic N) is 3. The van der Waals surface area contributed by atoms with Crippen molar-refractivity contribution in [2.45, 2.75) is 32.7 Å². The Labute approximate surface area is 127 Å². The first-order valence-electron chi connectivity index (χ1n) is 7.44. The first-order chi connectivity index (χ1) is 9.45. The third kappa shape index (κ3) is 4.11. The molecule has 5 heteroatoms. The van der Waals surface area contributed by atoms with Gasteiger partial charge in [-0.3, -0.25) is 4.90 Å². The van der Waals surface area contributed by atoms with E-state index in [0.717, 1.165) is 31.9 Å². The Bertz CT molecular complexity index is 497. The second kappa shape index (κ2) is 6.78. The van der Waals surface area contributed by atoms with Gasteiger partial charge in [-0.25, -0.2) is 4.98 Å². The highest BCUT2D eigenvalue weighted by molar-refractivity contribution is 7.71.